The fourth-order valence-corrected chi connectivity index (χ4v) is 2.70. The Morgan fingerprint density at radius 2 is 2.00 bits per heavy atom. The summed E-state index contributed by atoms with van der Waals surface area (Å²) in [6.45, 7) is 9.86. The number of aromatic nitrogens is 2. The van der Waals surface area contributed by atoms with Crippen molar-refractivity contribution < 1.29 is 5.11 Å². The lowest BCUT2D eigenvalue weighted by atomic mass is 9.98. The van der Waals surface area contributed by atoms with Crippen LogP contribution >= 0.6 is 0 Å². The molecule has 1 aromatic heterocycles. The number of nitrogen functional groups attached to an aromatic ring is 1. The van der Waals surface area contributed by atoms with Crippen molar-refractivity contribution in [3.05, 3.63) is 5.69 Å². The molecule has 1 atom stereocenters. The van der Waals surface area contributed by atoms with Crippen molar-refractivity contribution in [3.63, 3.8) is 0 Å². The third-order valence-electron chi connectivity index (χ3n) is 3.96. The summed E-state index contributed by atoms with van der Waals surface area (Å²) in [6, 6.07) is 0.287. The molecule has 1 fully saturated rings. The molecule has 0 bridgehead atoms. The van der Waals surface area contributed by atoms with Gasteiger partial charge in [-0.05, 0) is 47.0 Å². The van der Waals surface area contributed by atoms with Crippen molar-refractivity contribution in [3.8, 4) is 0 Å². The third-order valence-corrected chi connectivity index (χ3v) is 3.96. The maximum Gasteiger partial charge on any atom is 0.150 e. The topological polar surface area (TPSA) is 67.3 Å². The molecular formula is C14H26N4O. The Hall–Kier alpha value is -1.23. The standard InChI is InChI=1S/C14H26N4O/c1-10(2)18-13(12(15)11(3)16-18)17-8-5-6-14(4,19)7-9-17/h10,19H,5-9,15H2,1-4H3. The number of rotatable bonds is 2. The number of nitrogens with zero attached hydrogens (tertiary/aromatic N) is 3. The molecule has 108 valence electrons. The van der Waals surface area contributed by atoms with Crippen molar-refractivity contribution in [2.45, 2.75) is 58.6 Å². The lowest BCUT2D eigenvalue weighted by molar-refractivity contribution is 0.0481. The Labute approximate surface area is 115 Å². The lowest BCUT2D eigenvalue weighted by Crippen LogP contribution is -2.30. The fraction of sp³-hybridized carbons (Fsp3) is 0.786. The van der Waals surface area contributed by atoms with Gasteiger partial charge in [-0.15, -0.1) is 0 Å². The van der Waals surface area contributed by atoms with Gasteiger partial charge in [-0.3, -0.25) is 0 Å². The quantitative estimate of drug-likeness (QED) is 0.860. The fourth-order valence-electron chi connectivity index (χ4n) is 2.70. The smallest absolute Gasteiger partial charge is 0.150 e. The van der Waals surface area contributed by atoms with Gasteiger partial charge in [0, 0.05) is 19.1 Å². The number of hydrogen-bond donors (Lipinski definition) is 2. The van der Waals surface area contributed by atoms with Gasteiger partial charge in [0.1, 0.15) is 0 Å². The van der Waals surface area contributed by atoms with Crippen LogP contribution in [0.1, 0.15) is 51.8 Å². The number of anilines is 2. The van der Waals surface area contributed by atoms with Gasteiger partial charge >= 0.3 is 0 Å². The van der Waals surface area contributed by atoms with Crippen LogP contribution in [0.4, 0.5) is 11.5 Å². The summed E-state index contributed by atoms with van der Waals surface area (Å²) in [5, 5.41) is 14.7. The zero-order chi connectivity index (χ0) is 14.2. The molecule has 1 aliphatic heterocycles. The Morgan fingerprint density at radius 3 is 2.63 bits per heavy atom. The zero-order valence-electron chi connectivity index (χ0n) is 12.5. The molecule has 0 saturated carbocycles. The molecule has 0 radical (unpaired) electrons. The van der Waals surface area contributed by atoms with Gasteiger partial charge < -0.3 is 15.7 Å². The van der Waals surface area contributed by atoms with Crippen LogP contribution in [-0.2, 0) is 0 Å². The van der Waals surface area contributed by atoms with Crippen LogP contribution in [-0.4, -0.2) is 33.6 Å². The van der Waals surface area contributed by atoms with Crippen LogP contribution in [0.25, 0.3) is 0 Å². The molecule has 2 heterocycles. The van der Waals surface area contributed by atoms with Crippen molar-refractivity contribution in [1.82, 2.24) is 9.78 Å². The molecular weight excluding hydrogens is 240 g/mol. The maximum atomic E-state index is 10.2. The predicted octanol–water partition coefficient (Wildman–Crippen LogP) is 2.10. The minimum absolute atomic E-state index is 0.287. The first-order valence-corrected chi connectivity index (χ1v) is 7.14. The van der Waals surface area contributed by atoms with Gasteiger partial charge in [0.05, 0.1) is 17.0 Å². The van der Waals surface area contributed by atoms with Gasteiger partial charge in [-0.1, -0.05) is 0 Å². The van der Waals surface area contributed by atoms with E-state index in [-0.39, 0.29) is 6.04 Å². The Bertz CT molecular complexity index is 451. The second kappa shape index (κ2) is 5.04. The SMILES string of the molecule is Cc1nn(C(C)C)c(N2CCCC(C)(O)CC2)c1N. The summed E-state index contributed by atoms with van der Waals surface area (Å²) in [6.07, 6.45) is 2.60. The van der Waals surface area contributed by atoms with Crippen molar-refractivity contribution in [1.29, 1.82) is 0 Å². The molecule has 1 saturated heterocycles. The molecule has 1 unspecified atom stereocenters. The van der Waals surface area contributed by atoms with Crippen molar-refractivity contribution in [2.75, 3.05) is 23.7 Å². The average Bonchev–Trinajstić information content (AvgIpc) is 2.50. The maximum absolute atomic E-state index is 10.2. The largest absolute Gasteiger partial charge is 0.394 e. The molecule has 1 aromatic rings. The van der Waals surface area contributed by atoms with E-state index >= 15 is 0 Å². The van der Waals surface area contributed by atoms with Crippen LogP contribution in [0.2, 0.25) is 0 Å². The number of nitrogens with two attached hydrogens (primary N) is 1. The monoisotopic (exact) mass is 266 g/mol. The second-order valence-electron chi connectivity index (χ2n) is 6.20. The van der Waals surface area contributed by atoms with E-state index in [4.69, 9.17) is 5.73 Å². The second-order valence-corrected chi connectivity index (χ2v) is 6.20. The first kappa shape index (κ1) is 14.2. The van der Waals surface area contributed by atoms with Gasteiger partial charge in [0.2, 0.25) is 0 Å². The van der Waals surface area contributed by atoms with Crippen LogP contribution in [0.3, 0.4) is 0 Å². The van der Waals surface area contributed by atoms with Crippen LogP contribution < -0.4 is 10.6 Å². The van der Waals surface area contributed by atoms with E-state index in [0.29, 0.717) is 0 Å². The van der Waals surface area contributed by atoms with Gasteiger partial charge in [-0.2, -0.15) is 5.10 Å². The summed E-state index contributed by atoms with van der Waals surface area (Å²) in [4.78, 5) is 2.27. The molecule has 5 nitrogen and oxygen atoms in total. The van der Waals surface area contributed by atoms with Crippen molar-refractivity contribution >= 4 is 11.5 Å². The Kier molecular flexibility index (Phi) is 3.76. The highest BCUT2D eigenvalue weighted by Gasteiger charge is 2.28. The molecule has 0 aliphatic carbocycles. The molecule has 0 amide bonds. The normalized spacial score (nSPS) is 24.8. The number of aryl methyl sites for hydroxylation is 1. The molecule has 3 N–H and O–H groups in total. The highest BCUT2D eigenvalue weighted by molar-refractivity contribution is 5.66. The minimum Gasteiger partial charge on any atom is -0.394 e. The first-order chi connectivity index (χ1) is 8.82. The average molecular weight is 266 g/mol. The summed E-state index contributed by atoms with van der Waals surface area (Å²) in [5.41, 5.74) is 7.31. The Balaban J connectivity index is 2.31. The van der Waals surface area contributed by atoms with E-state index in [2.05, 4.69) is 23.8 Å². The van der Waals surface area contributed by atoms with Crippen LogP contribution in [0.5, 0.6) is 0 Å². The van der Waals surface area contributed by atoms with E-state index in [1.165, 1.54) is 0 Å². The van der Waals surface area contributed by atoms with E-state index < -0.39 is 5.60 Å². The molecule has 0 aromatic carbocycles. The summed E-state index contributed by atoms with van der Waals surface area (Å²) in [5.74, 6) is 1.02. The highest BCUT2D eigenvalue weighted by atomic mass is 16.3. The molecule has 19 heavy (non-hydrogen) atoms. The Morgan fingerprint density at radius 1 is 1.32 bits per heavy atom. The number of aliphatic hydroxyl groups is 1. The molecule has 2 rings (SSSR count). The molecule has 0 spiro atoms. The zero-order valence-corrected chi connectivity index (χ0v) is 12.5. The van der Waals surface area contributed by atoms with E-state index in [1.807, 2.05) is 18.5 Å². The van der Waals surface area contributed by atoms with Gasteiger partial charge in [0.15, 0.2) is 5.82 Å². The minimum atomic E-state index is -0.554. The van der Waals surface area contributed by atoms with E-state index in [9.17, 15) is 5.11 Å². The summed E-state index contributed by atoms with van der Waals surface area (Å²) < 4.78 is 2.00. The van der Waals surface area contributed by atoms with Crippen LogP contribution in [0.15, 0.2) is 0 Å². The lowest BCUT2D eigenvalue weighted by Gasteiger charge is -2.26. The number of hydrogen-bond acceptors (Lipinski definition) is 4. The molecule has 1 aliphatic rings. The van der Waals surface area contributed by atoms with E-state index in [1.54, 1.807) is 0 Å². The summed E-state index contributed by atoms with van der Waals surface area (Å²) >= 11 is 0. The first-order valence-electron chi connectivity index (χ1n) is 7.14. The van der Waals surface area contributed by atoms with Crippen LogP contribution in [0, 0.1) is 6.92 Å². The van der Waals surface area contributed by atoms with Gasteiger partial charge in [-0.25, -0.2) is 4.68 Å². The predicted molar refractivity (Wildman–Crippen MR) is 78.4 cm³/mol. The summed E-state index contributed by atoms with van der Waals surface area (Å²) in [7, 11) is 0. The van der Waals surface area contributed by atoms with Gasteiger partial charge in [0.25, 0.3) is 0 Å². The molecule has 5 heteroatoms. The van der Waals surface area contributed by atoms with Crippen molar-refractivity contribution in [2.24, 2.45) is 0 Å². The van der Waals surface area contributed by atoms with E-state index in [0.717, 1.165) is 49.6 Å². The third kappa shape index (κ3) is 2.86. The highest BCUT2D eigenvalue weighted by Crippen LogP contribution is 2.32.